The van der Waals surface area contributed by atoms with Crippen molar-refractivity contribution in [3.63, 3.8) is 0 Å². The normalized spacial score (nSPS) is 19.5. The van der Waals surface area contributed by atoms with Crippen molar-refractivity contribution in [1.29, 1.82) is 0 Å². The minimum atomic E-state index is 0.374. The Labute approximate surface area is 124 Å². The van der Waals surface area contributed by atoms with Gasteiger partial charge in [0.25, 0.3) is 5.89 Å². The first-order valence-electron chi connectivity index (χ1n) is 6.24. The van der Waals surface area contributed by atoms with Gasteiger partial charge in [0.2, 0.25) is 0 Å². The molecule has 3 rings (SSSR count). The molecule has 0 spiro atoms. The topological polar surface area (TPSA) is 64.9 Å². The van der Waals surface area contributed by atoms with Gasteiger partial charge in [-0.25, -0.2) is 0 Å². The standard InChI is InChI=1S/C13H14BrN3OS/c14-9-5-4-8(7-10(9)15)13-16-12(17-18-13)11-3-1-2-6-19-11/h4-5,7,11H,1-3,6,15H2. The van der Waals surface area contributed by atoms with E-state index < -0.39 is 0 Å². The quantitative estimate of drug-likeness (QED) is 0.836. The molecule has 0 amide bonds. The third kappa shape index (κ3) is 2.79. The molecule has 1 saturated heterocycles. The van der Waals surface area contributed by atoms with Crippen molar-refractivity contribution in [1.82, 2.24) is 10.1 Å². The minimum absolute atomic E-state index is 0.374. The lowest BCUT2D eigenvalue weighted by molar-refractivity contribution is 0.420. The highest BCUT2D eigenvalue weighted by molar-refractivity contribution is 9.10. The maximum Gasteiger partial charge on any atom is 0.258 e. The first kappa shape index (κ1) is 13.0. The van der Waals surface area contributed by atoms with Crippen LogP contribution in [0.2, 0.25) is 0 Å². The third-order valence-electron chi connectivity index (χ3n) is 3.15. The molecule has 1 aliphatic heterocycles. The number of anilines is 1. The van der Waals surface area contributed by atoms with E-state index in [1.54, 1.807) is 0 Å². The fourth-order valence-corrected chi connectivity index (χ4v) is 3.58. The predicted molar refractivity (Wildman–Crippen MR) is 80.9 cm³/mol. The van der Waals surface area contributed by atoms with Crippen LogP contribution in [0.1, 0.15) is 30.3 Å². The van der Waals surface area contributed by atoms with Gasteiger partial charge in [0.15, 0.2) is 5.82 Å². The molecule has 4 nitrogen and oxygen atoms in total. The maximum atomic E-state index is 5.87. The summed E-state index contributed by atoms with van der Waals surface area (Å²) in [6.07, 6.45) is 3.66. The molecule has 0 bridgehead atoms. The predicted octanol–water partition coefficient (Wildman–Crippen LogP) is 4.04. The van der Waals surface area contributed by atoms with Crippen LogP contribution in [0.3, 0.4) is 0 Å². The summed E-state index contributed by atoms with van der Waals surface area (Å²) in [5, 5.41) is 4.48. The molecule has 1 unspecified atom stereocenters. The molecule has 2 aromatic rings. The van der Waals surface area contributed by atoms with Crippen LogP contribution in [-0.2, 0) is 0 Å². The Morgan fingerprint density at radius 3 is 3.00 bits per heavy atom. The molecule has 6 heteroatoms. The van der Waals surface area contributed by atoms with Crippen LogP contribution in [0.5, 0.6) is 0 Å². The van der Waals surface area contributed by atoms with Gasteiger partial charge in [-0.15, -0.1) is 0 Å². The van der Waals surface area contributed by atoms with Gasteiger partial charge < -0.3 is 10.3 Å². The second-order valence-corrected chi connectivity index (χ2v) is 6.71. The molecule has 19 heavy (non-hydrogen) atoms. The largest absolute Gasteiger partial charge is 0.398 e. The number of benzene rings is 1. The molecule has 1 aliphatic rings. The van der Waals surface area contributed by atoms with Crippen LogP contribution in [0.25, 0.3) is 11.5 Å². The van der Waals surface area contributed by atoms with Gasteiger partial charge in [0, 0.05) is 15.7 Å². The Balaban J connectivity index is 1.85. The number of aromatic nitrogens is 2. The zero-order valence-corrected chi connectivity index (χ0v) is 12.7. The van der Waals surface area contributed by atoms with Crippen LogP contribution >= 0.6 is 27.7 Å². The smallest absolute Gasteiger partial charge is 0.258 e. The number of nitrogen functional groups attached to an aromatic ring is 1. The highest BCUT2D eigenvalue weighted by Crippen LogP contribution is 2.37. The Bertz CT molecular complexity index is 581. The van der Waals surface area contributed by atoms with Crippen molar-refractivity contribution in [2.75, 3.05) is 11.5 Å². The molecule has 100 valence electrons. The van der Waals surface area contributed by atoms with Crippen LogP contribution in [0.4, 0.5) is 5.69 Å². The van der Waals surface area contributed by atoms with E-state index in [-0.39, 0.29) is 0 Å². The summed E-state index contributed by atoms with van der Waals surface area (Å²) in [4.78, 5) is 4.51. The molecular weight excluding hydrogens is 326 g/mol. The second kappa shape index (κ2) is 5.54. The van der Waals surface area contributed by atoms with Crippen LogP contribution in [-0.4, -0.2) is 15.9 Å². The lowest BCUT2D eigenvalue weighted by Gasteiger charge is -2.17. The van der Waals surface area contributed by atoms with Gasteiger partial charge in [-0.3, -0.25) is 0 Å². The summed E-state index contributed by atoms with van der Waals surface area (Å²) < 4.78 is 6.23. The first-order valence-corrected chi connectivity index (χ1v) is 8.09. The van der Waals surface area contributed by atoms with Gasteiger partial charge in [0.1, 0.15) is 0 Å². The number of hydrogen-bond acceptors (Lipinski definition) is 5. The van der Waals surface area contributed by atoms with E-state index in [4.69, 9.17) is 10.3 Å². The average Bonchev–Trinajstić information content (AvgIpc) is 2.93. The minimum Gasteiger partial charge on any atom is -0.398 e. The summed E-state index contributed by atoms with van der Waals surface area (Å²) in [6.45, 7) is 0. The van der Waals surface area contributed by atoms with E-state index in [1.807, 2.05) is 30.0 Å². The lowest BCUT2D eigenvalue weighted by Crippen LogP contribution is -2.03. The Morgan fingerprint density at radius 1 is 1.37 bits per heavy atom. The molecule has 2 N–H and O–H groups in total. The molecule has 2 heterocycles. The maximum absolute atomic E-state index is 5.87. The highest BCUT2D eigenvalue weighted by atomic mass is 79.9. The Kier molecular flexibility index (Phi) is 3.79. The Morgan fingerprint density at radius 2 is 2.26 bits per heavy atom. The van der Waals surface area contributed by atoms with Gasteiger partial charge >= 0.3 is 0 Å². The van der Waals surface area contributed by atoms with Crippen LogP contribution in [0, 0.1) is 0 Å². The third-order valence-corrected chi connectivity index (χ3v) is 5.25. The van der Waals surface area contributed by atoms with Gasteiger partial charge in [-0.1, -0.05) is 11.6 Å². The van der Waals surface area contributed by atoms with Gasteiger partial charge in [0.05, 0.1) is 5.25 Å². The molecule has 1 atom stereocenters. The number of halogens is 1. The Hall–Kier alpha value is -1.01. The summed E-state index contributed by atoms with van der Waals surface area (Å²) in [7, 11) is 0. The molecular formula is C13H14BrN3OS. The van der Waals surface area contributed by atoms with Crippen molar-refractivity contribution in [3.8, 4) is 11.5 Å². The van der Waals surface area contributed by atoms with Crippen molar-refractivity contribution < 1.29 is 4.52 Å². The highest BCUT2D eigenvalue weighted by Gasteiger charge is 2.22. The van der Waals surface area contributed by atoms with Crippen LogP contribution in [0.15, 0.2) is 27.2 Å². The van der Waals surface area contributed by atoms with E-state index in [0.29, 0.717) is 16.8 Å². The fourth-order valence-electron chi connectivity index (χ4n) is 2.10. The summed E-state index contributed by atoms with van der Waals surface area (Å²) in [5.74, 6) is 2.53. The monoisotopic (exact) mass is 339 g/mol. The molecule has 1 aromatic heterocycles. The fraction of sp³-hybridized carbons (Fsp3) is 0.385. The van der Waals surface area contributed by atoms with Crippen LogP contribution < -0.4 is 5.73 Å². The first-order chi connectivity index (χ1) is 9.24. The number of hydrogen-bond donors (Lipinski definition) is 1. The molecule has 1 fully saturated rings. The zero-order chi connectivity index (χ0) is 13.2. The van der Waals surface area contributed by atoms with Crippen molar-refractivity contribution in [2.45, 2.75) is 24.5 Å². The molecule has 0 aliphatic carbocycles. The van der Waals surface area contributed by atoms with E-state index in [0.717, 1.165) is 22.3 Å². The molecule has 0 radical (unpaired) electrons. The lowest BCUT2D eigenvalue weighted by atomic mass is 10.2. The number of nitrogens with zero attached hydrogens (tertiary/aromatic N) is 2. The molecule has 1 aromatic carbocycles. The second-order valence-electron chi connectivity index (χ2n) is 4.55. The van der Waals surface area contributed by atoms with E-state index in [2.05, 4.69) is 26.1 Å². The average molecular weight is 340 g/mol. The zero-order valence-electron chi connectivity index (χ0n) is 10.3. The number of rotatable bonds is 2. The van der Waals surface area contributed by atoms with Crippen molar-refractivity contribution >= 4 is 33.4 Å². The van der Waals surface area contributed by atoms with E-state index in [1.165, 1.54) is 18.6 Å². The number of thioether (sulfide) groups is 1. The summed E-state index contributed by atoms with van der Waals surface area (Å²) in [6, 6.07) is 5.66. The van der Waals surface area contributed by atoms with E-state index in [9.17, 15) is 0 Å². The summed E-state index contributed by atoms with van der Waals surface area (Å²) in [5.41, 5.74) is 7.40. The number of nitrogens with two attached hydrogens (primary N) is 1. The van der Waals surface area contributed by atoms with Gasteiger partial charge in [-0.2, -0.15) is 16.7 Å². The van der Waals surface area contributed by atoms with Crippen molar-refractivity contribution in [3.05, 3.63) is 28.5 Å². The SMILES string of the molecule is Nc1cc(-c2nc(C3CCCCS3)no2)ccc1Br. The molecule has 0 saturated carbocycles. The van der Waals surface area contributed by atoms with Gasteiger partial charge in [-0.05, 0) is 52.7 Å². The van der Waals surface area contributed by atoms with E-state index >= 15 is 0 Å². The summed E-state index contributed by atoms with van der Waals surface area (Å²) >= 11 is 5.29. The van der Waals surface area contributed by atoms with Crippen molar-refractivity contribution in [2.24, 2.45) is 0 Å².